The fraction of sp³-hybridized carbons (Fsp3) is 0. The van der Waals surface area contributed by atoms with E-state index < -0.39 is 0 Å². The average molecular weight is 167 g/mol. The van der Waals surface area contributed by atoms with Gasteiger partial charge >= 0.3 is 0 Å². The molecule has 2 aromatic rings. The third-order valence-corrected chi connectivity index (χ3v) is 1.98. The molecule has 0 saturated carbocycles. The van der Waals surface area contributed by atoms with Gasteiger partial charge in [-0.05, 0) is 0 Å². The molecular weight excluding hydrogens is 162 g/mol. The third-order valence-electron chi connectivity index (χ3n) is 1.13. The zero-order valence-corrected chi connectivity index (χ0v) is 6.32. The highest BCUT2D eigenvalue weighted by atomic mass is 32.1. The van der Waals surface area contributed by atoms with Crippen LogP contribution < -0.4 is 5.73 Å². The first-order valence-electron chi connectivity index (χ1n) is 2.94. The lowest BCUT2D eigenvalue weighted by Gasteiger charge is -1.88. The van der Waals surface area contributed by atoms with Crippen LogP contribution in [-0.4, -0.2) is 20.0 Å². The highest BCUT2D eigenvalue weighted by Gasteiger charge is 2.00. The Balaban J connectivity index is 2.45. The molecular formula is C5H5N5S. The zero-order valence-electron chi connectivity index (χ0n) is 5.51. The Bertz CT molecular complexity index is 337. The summed E-state index contributed by atoms with van der Waals surface area (Å²) in [6.07, 6.45) is 3.32. The van der Waals surface area contributed by atoms with Crippen LogP contribution in [0.1, 0.15) is 0 Å². The minimum Gasteiger partial charge on any atom is -0.383 e. The van der Waals surface area contributed by atoms with E-state index in [1.165, 1.54) is 11.3 Å². The monoisotopic (exact) mass is 167 g/mol. The van der Waals surface area contributed by atoms with Crippen molar-refractivity contribution in [3.8, 4) is 5.13 Å². The van der Waals surface area contributed by atoms with Crippen LogP contribution in [0.15, 0.2) is 17.8 Å². The first kappa shape index (κ1) is 6.29. The number of rotatable bonds is 1. The van der Waals surface area contributed by atoms with Crippen LogP contribution in [0, 0.1) is 0 Å². The van der Waals surface area contributed by atoms with Crippen molar-refractivity contribution in [2.75, 3.05) is 5.73 Å². The number of aromatic nitrogens is 4. The van der Waals surface area contributed by atoms with Crippen molar-refractivity contribution >= 4 is 17.2 Å². The van der Waals surface area contributed by atoms with E-state index in [-0.39, 0.29) is 0 Å². The topological polar surface area (TPSA) is 69.6 Å². The van der Waals surface area contributed by atoms with E-state index >= 15 is 0 Å². The van der Waals surface area contributed by atoms with Gasteiger partial charge in [0.1, 0.15) is 5.82 Å². The van der Waals surface area contributed by atoms with Crippen LogP contribution in [0.2, 0.25) is 0 Å². The number of nitrogen functional groups attached to an aromatic ring is 1. The lowest BCUT2D eigenvalue weighted by molar-refractivity contribution is 0.797. The van der Waals surface area contributed by atoms with E-state index in [1.807, 2.05) is 0 Å². The van der Waals surface area contributed by atoms with Crippen LogP contribution >= 0.6 is 11.3 Å². The lowest BCUT2D eigenvalue weighted by Crippen LogP contribution is -1.94. The Labute approximate surface area is 66.5 Å². The van der Waals surface area contributed by atoms with Gasteiger partial charge < -0.3 is 5.73 Å². The molecule has 2 rings (SSSR count). The predicted octanol–water partition coefficient (Wildman–Crippen LogP) is 0.306. The van der Waals surface area contributed by atoms with Gasteiger partial charge in [-0.1, -0.05) is 5.21 Å². The standard InChI is InChI=1S/C5H5N5S/c6-4-3-11-5(8-4)10-2-1-7-9-10/h1-3H,6H2. The molecule has 0 radical (unpaired) electrons. The molecule has 2 aromatic heterocycles. The first-order valence-corrected chi connectivity index (χ1v) is 3.82. The van der Waals surface area contributed by atoms with Crippen LogP contribution in [0.3, 0.4) is 0 Å². The van der Waals surface area contributed by atoms with Gasteiger partial charge in [-0.3, -0.25) is 0 Å². The summed E-state index contributed by atoms with van der Waals surface area (Å²) in [4.78, 5) is 4.01. The fourth-order valence-electron chi connectivity index (χ4n) is 0.692. The maximum Gasteiger partial charge on any atom is 0.213 e. The molecule has 2 N–H and O–H groups in total. The molecule has 0 unspecified atom stereocenters. The minimum absolute atomic E-state index is 0.514. The van der Waals surface area contributed by atoms with Crippen molar-refractivity contribution < 1.29 is 0 Å². The largest absolute Gasteiger partial charge is 0.383 e. The molecule has 2 heterocycles. The van der Waals surface area contributed by atoms with Gasteiger partial charge in [-0.2, -0.15) is 4.68 Å². The molecule has 0 amide bonds. The highest BCUT2D eigenvalue weighted by molar-refractivity contribution is 7.12. The van der Waals surface area contributed by atoms with E-state index in [2.05, 4.69) is 15.3 Å². The average Bonchev–Trinajstić information content (AvgIpc) is 2.55. The van der Waals surface area contributed by atoms with E-state index in [0.717, 1.165) is 5.13 Å². The Morgan fingerprint density at radius 2 is 2.45 bits per heavy atom. The van der Waals surface area contributed by atoms with E-state index in [9.17, 15) is 0 Å². The summed E-state index contributed by atoms with van der Waals surface area (Å²) in [7, 11) is 0. The fourth-order valence-corrected chi connectivity index (χ4v) is 1.33. The van der Waals surface area contributed by atoms with E-state index in [0.29, 0.717) is 5.82 Å². The van der Waals surface area contributed by atoms with Gasteiger partial charge in [-0.15, -0.1) is 16.4 Å². The van der Waals surface area contributed by atoms with Gasteiger partial charge in [0.25, 0.3) is 0 Å². The summed E-state index contributed by atoms with van der Waals surface area (Å²) >= 11 is 1.43. The lowest BCUT2D eigenvalue weighted by atomic mass is 10.8. The van der Waals surface area contributed by atoms with Crippen LogP contribution in [0.5, 0.6) is 0 Å². The minimum atomic E-state index is 0.514. The van der Waals surface area contributed by atoms with Crippen molar-refractivity contribution in [2.24, 2.45) is 0 Å². The zero-order chi connectivity index (χ0) is 7.68. The number of nitrogens with two attached hydrogens (primary N) is 1. The van der Waals surface area contributed by atoms with E-state index in [1.54, 1.807) is 22.5 Å². The van der Waals surface area contributed by atoms with Gasteiger partial charge in [0.15, 0.2) is 0 Å². The normalized spacial score (nSPS) is 10.2. The summed E-state index contributed by atoms with van der Waals surface area (Å²) in [5.41, 5.74) is 5.42. The maximum atomic E-state index is 5.42. The third kappa shape index (κ3) is 1.07. The molecule has 6 heteroatoms. The van der Waals surface area contributed by atoms with Crippen molar-refractivity contribution in [2.45, 2.75) is 0 Å². The van der Waals surface area contributed by atoms with Crippen molar-refractivity contribution in [1.29, 1.82) is 0 Å². The van der Waals surface area contributed by atoms with Crippen molar-refractivity contribution in [3.05, 3.63) is 17.8 Å². The second-order valence-electron chi connectivity index (χ2n) is 1.90. The molecule has 0 aromatic carbocycles. The predicted molar refractivity (Wildman–Crippen MR) is 41.4 cm³/mol. The molecule has 0 aliphatic carbocycles. The smallest absolute Gasteiger partial charge is 0.213 e. The van der Waals surface area contributed by atoms with E-state index in [4.69, 9.17) is 5.73 Å². The number of nitrogens with zero attached hydrogens (tertiary/aromatic N) is 4. The summed E-state index contributed by atoms with van der Waals surface area (Å²) in [5.74, 6) is 0.514. The Hall–Kier alpha value is -1.43. The maximum absolute atomic E-state index is 5.42. The molecule has 0 bridgehead atoms. The van der Waals surface area contributed by atoms with Gasteiger partial charge in [0.05, 0.1) is 12.4 Å². The second kappa shape index (κ2) is 2.31. The molecule has 56 valence electrons. The Kier molecular flexibility index (Phi) is 1.32. The molecule has 0 aliphatic heterocycles. The molecule has 0 atom stereocenters. The molecule has 0 saturated heterocycles. The van der Waals surface area contributed by atoms with Gasteiger partial charge in [0.2, 0.25) is 5.13 Å². The summed E-state index contributed by atoms with van der Waals surface area (Å²) < 4.78 is 1.57. The Morgan fingerprint density at radius 1 is 1.55 bits per heavy atom. The number of anilines is 1. The quantitative estimate of drug-likeness (QED) is 0.663. The number of thiazole rings is 1. The van der Waals surface area contributed by atoms with Gasteiger partial charge in [-0.25, -0.2) is 4.98 Å². The van der Waals surface area contributed by atoms with Gasteiger partial charge in [0, 0.05) is 5.38 Å². The van der Waals surface area contributed by atoms with Crippen LogP contribution in [0.25, 0.3) is 5.13 Å². The molecule has 11 heavy (non-hydrogen) atoms. The Morgan fingerprint density at radius 3 is 3.00 bits per heavy atom. The van der Waals surface area contributed by atoms with Crippen molar-refractivity contribution in [1.82, 2.24) is 20.0 Å². The van der Waals surface area contributed by atoms with Crippen LogP contribution in [0.4, 0.5) is 5.82 Å². The molecule has 0 aliphatic rings. The first-order chi connectivity index (χ1) is 5.36. The second-order valence-corrected chi connectivity index (χ2v) is 2.74. The molecule has 0 fully saturated rings. The SMILES string of the molecule is Nc1csc(-n2ccnn2)n1. The van der Waals surface area contributed by atoms with Crippen LogP contribution in [-0.2, 0) is 0 Å². The molecule has 0 spiro atoms. The van der Waals surface area contributed by atoms with Crippen molar-refractivity contribution in [3.63, 3.8) is 0 Å². The number of hydrogen-bond acceptors (Lipinski definition) is 5. The molecule has 5 nitrogen and oxygen atoms in total. The number of hydrogen-bond donors (Lipinski definition) is 1. The highest BCUT2D eigenvalue weighted by Crippen LogP contribution is 2.13. The summed E-state index contributed by atoms with van der Waals surface area (Å²) in [6.45, 7) is 0. The summed E-state index contributed by atoms with van der Waals surface area (Å²) in [6, 6.07) is 0. The summed E-state index contributed by atoms with van der Waals surface area (Å²) in [5, 5.41) is 9.90.